The van der Waals surface area contributed by atoms with Gasteiger partial charge in [0.05, 0.1) is 11.8 Å². The van der Waals surface area contributed by atoms with Gasteiger partial charge < -0.3 is 10.2 Å². The molecule has 3 N–H and O–H groups in total. The van der Waals surface area contributed by atoms with Crippen molar-refractivity contribution in [1.82, 2.24) is 5.43 Å². The van der Waals surface area contributed by atoms with Crippen molar-refractivity contribution in [1.29, 1.82) is 0 Å². The molecule has 0 aliphatic carbocycles. The van der Waals surface area contributed by atoms with E-state index in [2.05, 4.69) is 10.5 Å². The summed E-state index contributed by atoms with van der Waals surface area (Å²) in [5.41, 5.74) is 2.65. The number of phenols is 2. The van der Waals surface area contributed by atoms with Crippen LogP contribution in [0.25, 0.3) is 0 Å². The average molecular weight is 274 g/mol. The summed E-state index contributed by atoms with van der Waals surface area (Å²) >= 11 is 0. The summed E-state index contributed by atoms with van der Waals surface area (Å²) in [6.45, 7) is 0. The molecule has 2 rings (SSSR count). The summed E-state index contributed by atoms with van der Waals surface area (Å²) in [4.78, 5) is 11.7. The van der Waals surface area contributed by atoms with E-state index >= 15 is 0 Å². The highest BCUT2D eigenvalue weighted by atomic mass is 19.1. The Morgan fingerprint density at radius 3 is 2.70 bits per heavy atom. The van der Waals surface area contributed by atoms with E-state index in [1.807, 2.05) is 0 Å². The highest BCUT2D eigenvalue weighted by Crippen LogP contribution is 2.22. The van der Waals surface area contributed by atoms with E-state index < -0.39 is 11.7 Å². The molecule has 0 saturated carbocycles. The SMILES string of the molecule is O=C(N/N=C/c1cccc(F)c1)c1ccc(O)cc1O. The van der Waals surface area contributed by atoms with Crippen LogP contribution < -0.4 is 5.43 Å². The fourth-order valence-corrected chi connectivity index (χ4v) is 1.52. The molecule has 2 aromatic rings. The lowest BCUT2D eigenvalue weighted by atomic mass is 10.2. The van der Waals surface area contributed by atoms with Crippen molar-refractivity contribution in [3.05, 3.63) is 59.4 Å². The van der Waals surface area contributed by atoms with Crippen molar-refractivity contribution >= 4 is 12.1 Å². The van der Waals surface area contributed by atoms with Crippen LogP contribution in [0.3, 0.4) is 0 Å². The Balaban J connectivity index is 2.05. The first-order valence-corrected chi connectivity index (χ1v) is 5.67. The molecule has 0 aliphatic rings. The van der Waals surface area contributed by atoms with Gasteiger partial charge in [-0.25, -0.2) is 9.82 Å². The van der Waals surface area contributed by atoms with Gasteiger partial charge in [-0.05, 0) is 29.8 Å². The highest BCUT2D eigenvalue weighted by molar-refractivity contribution is 5.97. The second-order valence-electron chi connectivity index (χ2n) is 3.96. The highest BCUT2D eigenvalue weighted by Gasteiger charge is 2.10. The summed E-state index contributed by atoms with van der Waals surface area (Å²) < 4.78 is 12.9. The molecule has 0 radical (unpaired) electrons. The third-order valence-electron chi connectivity index (χ3n) is 2.45. The fraction of sp³-hybridized carbons (Fsp3) is 0. The molecule has 0 bridgehead atoms. The van der Waals surface area contributed by atoms with Crippen molar-refractivity contribution in [2.45, 2.75) is 0 Å². The molecule has 0 heterocycles. The van der Waals surface area contributed by atoms with Crippen LogP contribution in [-0.2, 0) is 0 Å². The summed E-state index contributed by atoms with van der Waals surface area (Å²) in [7, 11) is 0. The summed E-state index contributed by atoms with van der Waals surface area (Å²) in [6.07, 6.45) is 1.28. The van der Waals surface area contributed by atoms with Gasteiger partial charge in [-0.1, -0.05) is 12.1 Å². The van der Waals surface area contributed by atoms with E-state index in [-0.39, 0.29) is 17.1 Å². The van der Waals surface area contributed by atoms with Gasteiger partial charge in [0.15, 0.2) is 0 Å². The molecule has 2 aromatic carbocycles. The van der Waals surface area contributed by atoms with E-state index in [4.69, 9.17) is 5.11 Å². The zero-order valence-electron chi connectivity index (χ0n) is 10.2. The number of nitrogens with zero attached hydrogens (tertiary/aromatic N) is 1. The van der Waals surface area contributed by atoms with Crippen molar-refractivity contribution in [2.75, 3.05) is 0 Å². The zero-order chi connectivity index (χ0) is 14.5. The molecular weight excluding hydrogens is 263 g/mol. The van der Waals surface area contributed by atoms with Gasteiger partial charge in [-0.3, -0.25) is 4.79 Å². The number of benzene rings is 2. The monoisotopic (exact) mass is 274 g/mol. The predicted octanol–water partition coefficient (Wildman–Crippen LogP) is 2.00. The molecule has 102 valence electrons. The molecular formula is C14H11FN2O3. The number of phenolic OH excluding ortho intramolecular Hbond substituents is 2. The number of hydrazone groups is 1. The minimum Gasteiger partial charge on any atom is -0.508 e. The molecule has 0 spiro atoms. The number of nitrogens with one attached hydrogen (secondary N) is 1. The molecule has 20 heavy (non-hydrogen) atoms. The topological polar surface area (TPSA) is 81.9 Å². The van der Waals surface area contributed by atoms with Gasteiger partial charge in [0, 0.05) is 6.07 Å². The molecule has 6 heteroatoms. The van der Waals surface area contributed by atoms with Crippen LogP contribution in [0, 0.1) is 5.82 Å². The minimum absolute atomic E-state index is 0.0285. The van der Waals surface area contributed by atoms with E-state index in [1.165, 1.54) is 36.5 Å². The summed E-state index contributed by atoms with van der Waals surface area (Å²) in [5.74, 6) is -1.56. The maximum absolute atomic E-state index is 12.9. The van der Waals surface area contributed by atoms with Crippen LogP contribution in [0.2, 0.25) is 0 Å². The maximum atomic E-state index is 12.9. The largest absolute Gasteiger partial charge is 0.508 e. The van der Waals surface area contributed by atoms with Gasteiger partial charge in [-0.2, -0.15) is 5.10 Å². The van der Waals surface area contributed by atoms with Gasteiger partial charge in [0.25, 0.3) is 5.91 Å². The molecule has 0 aliphatic heterocycles. The van der Waals surface area contributed by atoms with Gasteiger partial charge in [0.2, 0.25) is 0 Å². The maximum Gasteiger partial charge on any atom is 0.275 e. The standard InChI is InChI=1S/C14H11FN2O3/c15-10-3-1-2-9(6-10)8-16-17-14(20)12-5-4-11(18)7-13(12)19/h1-8,18-19H,(H,17,20)/b16-8+. The zero-order valence-corrected chi connectivity index (χ0v) is 10.2. The minimum atomic E-state index is -0.643. The van der Waals surface area contributed by atoms with Gasteiger partial charge in [-0.15, -0.1) is 0 Å². The van der Waals surface area contributed by atoms with E-state index in [1.54, 1.807) is 6.07 Å². The quantitative estimate of drug-likeness (QED) is 0.591. The molecule has 0 unspecified atom stereocenters. The number of carbonyl (C=O) groups excluding carboxylic acids is 1. The molecule has 0 atom stereocenters. The Bertz CT molecular complexity index is 671. The third-order valence-corrected chi connectivity index (χ3v) is 2.45. The average Bonchev–Trinajstić information content (AvgIpc) is 2.38. The predicted molar refractivity (Wildman–Crippen MR) is 71.2 cm³/mol. The molecule has 1 amide bonds. The molecule has 0 saturated heterocycles. The Hall–Kier alpha value is -2.89. The number of carbonyl (C=O) groups is 1. The van der Waals surface area contributed by atoms with Crippen LogP contribution in [0.4, 0.5) is 4.39 Å². The third kappa shape index (κ3) is 3.32. The molecule has 5 nitrogen and oxygen atoms in total. The normalized spacial score (nSPS) is 10.7. The van der Waals surface area contributed by atoms with Crippen LogP contribution in [0.1, 0.15) is 15.9 Å². The molecule has 0 aromatic heterocycles. The Labute approximate surface area is 114 Å². The van der Waals surface area contributed by atoms with Crippen molar-refractivity contribution < 1.29 is 19.4 Å². The van der Waals surface area contributed by atoms with Crippen molar-refractivity contribution in [3.63, 3.8) is 0 Å². The van der Waals surface area contributed by atoms with Crippen LogP contribution in [0.15, 0.2) is 47.6 Å². The first-order valence-electron chi connectivity index (χ1n) is 5.67. The van der Waals surface area contributed by atoms with E-state index in [9.17, 15) is 14.3 Å². The number of amides is 1. The van der Waals surface area contributed by atoms with Crippen LogP contribution in [0.5, 0.6) is 11.5 Å². The van der Waals surface area contributed by atoms with E-state index in [0.717, 1.165) is 6.07 Å². The second kappa shape index (κ2) is 5.83. The Morgan fingerprint density at radius 2 is 2.00 bits per heavy atom. The summed E-state index contributed by atoms with van der Waals surface area (Å²) in [6, 6.07) is 9.27. The first-order chi connectivity index (χ1) is 9.56. The van der Waals surface area contributed by atoms with Gasteiger partial charge in [0.1, 0.15) is 17.3 Å². The fourth-order valence-electron chi connectivity index (χ4n) is 1.52. The van der Waals surface area contributed by atoms with Crippen LogP contribution >= 0.6 is 0 Å². The van der Waals surface area contributed by atoms with Crippen molar-refractivity contribution in [3.8, 4) is 11.5 Å². The number of halogens is 1. The number of hydrogen-bond acceptors (Lipinski definition) is 4. The lowest BCUT2D eigenvalue weighted by Crippen LogP contribution is -2.17. The second-order valence-corrected chi connectivity index (χ2v) is 3.96. The lowest BCUT2D eigenvalue weighted by Gasteiger charge is -2.03. The van der Waals surface area contributed by atoms with Gasteiger partial charge >= 0.3 is 0 Å². The molecule has 0 fully saturated rings. The Morgan fingerprint density at radius 1 is 1.20 bits per heavy atom. The smallest absolute Gasteiger partial charge is 0.275 e. The summed E-state index contributed by atoms with van der Waals surface area (Å²) in [5, 5.41) is 22.3. The first kappa shape index (κ1) is 13.5. The number of rotatable bonds is 3. The van der Waals surface area contributed by atoms with E-state index in [0.29, 0.717) is 5.56 Å². The number of hydrogen-bond donors (Lipinski definition) is 3. The van der Waals surface area contributed by atoms with Crippen LogP contribution in [-0.4, -0.2) is 22.3 Å². The lowest BCUT2D eigenvalue weighted by molar-refractivity contribution is 0.0952. The van der Waals surface area contributed by atoms with Crippen molar-refractivity contribution in [2.24, 2.45) is 5.10 Å². The Kier molecular flexibility index (Phi) is 3.95. The number of aromatic hydroxyl groups is 2.